The Morgan fingerprint density at radius 2 is 1.91 bits per heavy atom. The number of nitrogens with zero attached hydrogens (tertiary/aromatic N) is 3. The Morgan fingerprint density at radius 3 is 2.69 bits per heavy atom. The molecule has 5 nitrogen and oxygen atoms in total. The van der Waals surface area contributed by atoms with E-state index in [1.54, 1.807) is 11.8 Å². The van der Waals surface area contributed by atoms with Crippen molar-refractivity contribution in [2.45, 2.75) is 57.5 Å². The Bertz CT molecular complexity index is 1230. The van der Waals surface area contributed by atoms with Crippen molar-refractivity contribution in [1.29, 1.82) is 0 Å². The number of hydrogen-bond donors (Lipinski definition) is 1. The molecule has 0 radical (unpaired) electrons. The van der Waals surface area contributed by atoms with Crippen LogP contribution in [0, 0.1) is 19.3 Å². The summed E-state index contributed by atoms with van der Waals surface area (Å²) in [5.74, 6) is 1.72. The summed E-state index contributed by atoms with van der Waals surface area (Å²) in [6, 6.07) is 16.5. The lowest BCUT2D eigenvalue weighted by Gasteiger charge is -2.38. The van der Waals surface area contributed by atoms with Gasteiger partial charge >= 0.3 is 0 Å². The highest BCUT2D eigenvalue weighted by Crippen LogP contribution is 2.45. The van der Waals surface area contributed by atoms with Gasteiger partial charge < -0.3 is 5.32 Å². The second-order valence-electron chi connectivity index (χ2n) is 9.65. The molecule has 2 aliphatic rings. The van der Waals surface area contributed by atoms with E-state index in [2.05, 4.69) is 63.3 Å². The van der Waals surface area contributed by atoms with Crippen LogP contribution in [0.4, 0.5) is 5.95 Å². The quantitative estimate of drug-likeness (QED) is 0.512. The fourth-order valence-electron chi connectivity index (χ4n) is 4.69. The molecule has 1 unspecified atom stereocenters. The summed E-state index contributed by atoms with van der Waals surface area (Å²) in [5, 5.41) is 9.04. The highest BCUT2D eigenvalue weighted by Gasteiger charge is 2.41. The van der Waals surface area contributed by atoms with Gasteiger partial charge in [-0.3, -0.25) is 4.79 Å². The monoisotopic (exact) mass is 444 g/mol. The molecule has 32 heavy (non-hydrogen) atoms. The van der Waals surface area contributed by atoms with Gasteiger partial charge in [0, 0.05) is 23.4 Å². The summed E-state index contributed by atoms with van der Waals surface area (Å²) in [7, 11) is 0. The van der Waals surface area contributed by atoms with Gasteiger partial charge in [-0.05, 0) is 42.4 Å². The molecule has 0 saturated carbocycles. The van der Waals surface area contributed by atoms with E-state index in [0.29, 0.717) is 12.4 Å². The Balaban J connectivity index is 1.51. The van der Waals surface area contributed by atoms with Crippen molar-refractivity contribution in [1.82, 2.24) is 14.8 Å². The summed E-state index contributed by atoms with van der Waals surface area (Å²) in [4.78, 5) is 18.1. The molecule has 1 atom stereocenters. The Labute approximate surface area is 193 Å². The number of carbonyl (C=O) groups excluding carboxylic acids is 1. The van der Waals surface area contributed by atoms with Crippen LogP contribution in [0.2, 0.25) is 0 Å². The van der Waals surface area contributed by atoms with Gasteiger partial charge in [0.25, 0.3) is 0 Å². The number of hydrogen-bond acceptors (Lipinski definition) is 5. The van der Waals surface area contributed by atoms with Crippen molar-refractivity contribution in [2.24, 2.45) is 5.41 Å². The lowest BCUT2D eigenvalue weighted by molar-refractivity contribution is -0.118. The van der Waals surface area contributed by atoms with Crippen LogP contribution in [-0.2, 0) is 10.5 Å². The normalized spacial score (nSPS) is 19.4. The summed E-state index contributed by atoms with van der Waals surface area (Å²) in [6.07, 6.45) is 1.38. The molecule has 1 aliphatic heterocycles. The average molecular weight is 445 g/mol. The predicted octanol–water partition coefficient (Wildman–Crippen LogP) is 5.85. The molecule has 0 bridgehead atoms. The number of nitrogens with one attached hydrogen (secondary N) is 1. The number of allylic oxidation sites excluding steroid dienone is 2. The largest absolute Gasteiger partial charge is 0.328 e. The Hall–Kier alpha value is -2.86. The highest BCUT2D eigenvalue weighted by molar-refractivity contribution is 7.98. The maximum absolute atomic E-state index is 13.3. The van der Waals surface area contributed by atoms with Crippen molar-refractivity contribution in [3.8, 4) is 0 Å². The topological polar surface area (TPSA) is 59.8 Å². The fourth-order valence-corrected chi connectivity index (χ4v) is 5.58. The molecule has 0 saturated heterocycles. The average Bonchev–Trinajstić information content (AvgIpc) is 3.15. The van der Waals surface area contributed by atoms with E-state index < -0.39 is 0 Å². The number of carbonyl (C=O) groups is 1. The number of ketones is 1. The third-order valence-corrected chi connectivity index (χ3v) is 7.18. The molecule has 5 rings (SSSR count). The Morgan fingerprint density at radius 1 is 1.12 bits per heavy atom. The second kappa shape index (κ2) is 7.93. The smallest absolute Gasteiger partial charge is 0.227 e. The third-order valence-electron chi connectivity index (χ3n) is 6.29. The first-order chi connectivity index (χ1) is 15.3. The van der Waals surface area contributed by atoms with Crippen LogP contribution in [-0.4, -0.2) is 20.5 Å². The number of Topliss-reactive ketones (excluding diaryl/α,β-unsaturated/α-hetero) is 1. The first-order valence-electron chi connectivity index (χ1n) is 11.0. The van der Waals surface area contributed by atoms with Crippen molar-refractivity contribution >= 4 is 23.5 Å². The van der Waals surface area contributed by atoms with Gasteiger partial charge in [0.05, 0.1) is 0 Å². The number of aromatic nitrogens is 3. The van der Waals surface area contributed by atoms with E-state index in [4.69, 9.17) is 10.1 Å². The lowest BCUT2D eigenvalue weighted by atomic mass is 9.73. The summed E-state index contributed by atoms with van der Waals surface area (Å²) < 4.78 is 1.90. The molecule has 0 spiro atoms. The lowest BCUT2D eigenvalue weighted by Crippen LogP contribution is -2.36. The molecule has 1 aliphatic carbocycles. The molecule has 3 aromatic rings. The van der Waals surface area contributed by atoms with E-state index in [-0.39, 0.29) is 17.2 Å². The van der Waals surface area contributed by atoms with Gasteiger partial charge in [0.2, 0.25) is 11.1 Å². The van der Waals surface area contributed by atoms with Crippen LogP contribution < -0.4 is 5.32 Å². The molecule has 1 N–H and O–H groups in total. The minimum atomic E-state index is -0.242. The van der Waals surface area contributed by atoms with Crippen LogP contribution in [0.1, 0.15) is 55.0 Å². The molecule has 1 aromatic heterocycles. The minimum Gasteiger partial charge on any atom is -0.328 e. The Kier molecular flexibility index (Phi) is 5.20. The van der Waals surface area contributed by atoms with Crippen LogP contribution in [0.15, 0.2) is 65.0 Å². The fraction of sp³-hybridized carbons (Fsp3) is 0.346. The van der Waals surface area contributed by atoms with Crippen LogP contribution >= 0.6 is 11.8 Å². The van der Waals surface area contributed by atoms with E-state index in [0.717, 1.165) is 34.2 Å². The zero-order valence-corrected chi connectivity index (χ0v) is 19.8. The maximum atomic E-state index is 13.3. The first-order valence-corrected chi connectivity index (χ1v) is 12.0. The maximum Gasteiger partial charge on any atom is 0.227 e. The molecule has 0 amide bonds. The molecule has 164 valence electrons. The number of rotatable bonds is 4. The van der Waals surface area contributed by atoms with Crippen molar-refractivity contribution < 1.29 is 4.79 Å². The van der Waals surface area contributed by atoms with Gasteiger partial charge in [0.1, 0.15) is 6.04 Å². The van der Waals surface area contributed by atoms with Crippen molar-refractivity contribution in [3.63, 3.8) is 0 Å². The van der Waals surface area contributed by atoms with Gasteiger partial charge in [-0.25, -0.2) is 4.68 Å². The van der Waals surface area contributed by atoms with Crippen molar-refractivity contribution in [3.05, 3.63) is 82.1 Å². The number of aryl methyl sites for hydroxylation is 2. The highest BCUT2D eigenvalue weighted by atomic mass is 32.2. The van der Waals surface area contributed by atoms with Crippen LogP contribution in [0.25, 0.3) is 0 Å². The van der Waals surface area contributed by atoms with Gasteiger partial charge in [-0.1, -0.05) is 79.7 Å². The van der Waals surface area contributed by atoms with Crippen LogP contribution in [0.3, 0.4) is 0 Å². The number of anilines is 1. The van der Waals surface area contributed by atoms with Gasteiger partial charge in [-0.15, -0.1) is 5.10 Å². The number of fused-ring (bicyclic) bond motifs is 1. The summed E-state index contributed by atoms with van der Waals surface area (Å²) in [6.45, 7) is 8.56. The number of benzene rings is 2. The third kappa shape index (κ3) is 3.88. The van der Waals surface area contributed by atoms with E-state index in [9.17, 15) is 4.79 Å². The molecule has 0 fully saturated rings. The minimum absolute atomic E-state index is 0.0629. The molecule has 2 heterocycles. The van der Waals surface area contributed by atoms with Gasteiger partial charge in [-0.2, -0.15) is 4.98 Å². The molecular weight excluding hydrogens is 416 g/mol. The van der Waals surface area contributed by atoms with E-state index in [1.807, 2.05) is 22.9 Å². The van der Waals surface area contributed by atoms with Crippen LogP contribution in [0.5, 0.6) is 0 Å². The molecule has 2 aromatic carbocycles. The van der Waals surface area contributed by atoms with Gasteiger partial charge in [0.15, 0.2) is 5.78 Å². The zero-order chi connectivity index (χ0) is 22.5. The SMILES string of the molecule is Cc1ccc(C)c(CSc2nc3n(n2)C(c2ccccc2)C2=C(CC(C)(C)CC2=O)N3)c1. The zero-order valence-electron chi connectivity index (χ0n) is 19.0. The first kappa shape index (κ1) is 21.0. The molecular formula is C26H28N4OS. The standard InChI is InChI=1S/C26H28N4OS/c1-16-10-11-17(2)19(12-16)15-32-25-28-24-27-20-13-26(3,4)14-21(31)22(20)23(30(24)29-25)18-8-6-5-7-9-18/h5-12,23H,13-15H2,1-4H3,(H,27,28,29). The molecule has 6 heteroatoms. The van der Waals surface area contributed by atoms with E-state index >= 15 is 0 Å². The summed E-state index contributed by atoms with van der Waals surface area (Å²) in [5.41, 5.74) is 6.65. The number of thioether (sulfide) groups is 1. The van der Waals surface area contributed by atoms with E-state index in [1.165, 1.54) is 16.7 Å². The second-order valence-corrected chi connectivity index (χ2v) is 10.6. The summed E-state index contributed by atoms with van der Waals surface area (Å²) >= 11 is 1.63. The predicted molar refractivity (Wildman–Crippen MR) is 129 cm³/mol. The van der Waals surface area contributed by atoms with Crippen molar-refractivity contribution in [2.75, 3.05) is 5.32 Å².